The predicted octanol–water partition coefficient (Wildman–Crippen LogP) is 3.77. The van der Waals surface area contributed by atoms with E-state index in [4.69, 9.17) is 14.5 Å². The Morgan fingerprint density at radius 1 is 1.23 bits per heavy atom. The van der Waals surface area contributed by atoms with Gasteiger partial charge in [0.05, 0.1) is 24.8 Å². The van der Waals surface area contributed by atoms with Gasteiger partial charge in [0.1, 0.15) is 11.3 Å². The molecule has 1 aliphatic rings. The molecule has 1 aromatic carbocycles. The van der Waals surface area contributed by atoms with E-state index in [1.54, 1.807) is 7.11 Å². The van der Waals surface area contributed by atoms with E-state index < -0.39 is 0 Å². The van der Waals surface area contributed by atoms with Crippen molar-refractivity contribution in [2.45, 2.75) is 12.8 Å². The summed E-state index contributed by atoms with van der Waals surface area (Å²) in [4.78, 5) is 7.21. The van der Waals surface area contributed by atoms with Crippen molar-refractivity contribution in [2.24, 2.45) is 5.92 Å². The summed E-state index contributed by atoms with van der Waals surface area (Å²) >= 11 is 0. The summed E-state index contributed by atoms with van der Waals surface area (Å²) in [5.74, 6) is 2.08. The summed E-state index contributed by atoms with van der Waals surface area (Å²) in [7, 11) is 1.67. The molecule has 0 bridgehead atoms. The van der Waals surface area contributed by atoms with Crippen LogP contribution in [0.5, 0.6) is 11.6 Å². The fourth-order valence-corrected chi connectivity index (χ4v) is 3.68. The van der Waals surface area contributed by atoms with Crippen molar-refractivity contribution in [3.05, 3.63) is 49.2 Å². The molecule has 0 amide bonds. The van der Waals surface area contributed by atoms with E-state index in [2.05, 4.69) is 21.9 Å². The largest absolute Gasteiger partial charge is 0.497 e. The summed E-state index contributed by atoms with van der Waals surface area (Å²) in [5.41, 5.74) is 2.94. The molecule has 4 rings (SSSR count). The van der Waals surface area contributed by atoms with Gasteiger partial charge in [-0.2, -0.15) is 0 Å². The number of piperidine rings is 1. The summed E-state index contributed by atoms with van der Waals surface area (Å²) < 4.78 is 13.7. The SMILES string of the molecule is C=CCN1CCC(COc2nc3cc(OC)ccc3n3cccc23)CC1. The number of ether oxygens (including phenoxy) is 2. The lowest BCUT2D eigenvalue weighted by molar-refractivity contribution is 0.148. The zero-order valence-corrected chi connectivity index (χ0v) is 15.2. The van der Waals surface area contributed by atoms with Crippen LogP contribution in [0.25, 0.3) is 16.6 Å². The average Bonchev–Trinajstić information content (AvgIpc) is 3.17. The molecular formula is C21H25N3O2. The van der Waals surface area contributed by atoms with E-state index in [1.165, 1.54) is 0 Å². The third-order valence-electron chi connectivity index (χ3n) is 5.18. The molecule has 1 saturated heterocycles. The molecule has 0 aliphatic carbocycles. The van der Waals surface area contributed by atoms with E-state index >= 15 is 0 Å². The number of nitrogens with zero attached hydrogens (tertiary/aromatic N) is 3. The lowest BCUT2D eigenvalue weighted by atomic mass is 9.98. The molecule has 0 saturated carbocycles. The Morgan fingerprint density at radius 2 is 2.08 bits per heavy atom. The maximum absolute atomic E-state index is 6.18. The number of benzene rings is 1. The second-order valence-corrected chi connectivity index (χ2v) is 6.88. The van der Waals surface area contributed by atoms with Crippen LogP contribution in [0.2, 0.25) is 0 Å². The molecule has 2 aromatic heterocycles. The lowest BCUT2D eigenvalue weighted by Gasteiger charge is -2.30. The third kappa shape index (κ3) is 3.27. The Balaban J connectivity index is 1.54. The standard InChI is InChI=1S/C21H25N3O2/c1-3-10-23-12-8-16(9-13-23)15-26-21-20-5-4-11-24(20)19-7-6-17(25-2)14-18(19)22-21/h3-7,11,14,16H,1,8-10,12-13,15H2,2H3. The van der Waals surface area contributed by atoms with Gasteiger partial charge >= 0.3 is 0 Å². The smallest absolute Gasteiger partial charge is 0.238 e. The fourth-order valence-electron chi connectivity index (χ4n) is 3.68. The van der Waals surface area contributed by atoms with Gasteiger partial charge in [-0.05, 0) is 56.1 Å². The number of aromatic nitrogens is 2. The van der Waals surface area contributed by atoms with Crippen molar-refractivity contribution in [1.29, 1.82) is 0 Å². The van der Waals surface area contributed by atoms with Gasteiger partial charge < -0.3 is 13.9 Å². The molecule has 1 aliphatic heterocycles. The van der Waals surface area contributed by atoms with Crippen molar-refractivity contribution in [1.82, 2.24) is 14.3 Å². The topological polar surface area (TPSA) is 39.0 Å². The van der Waals surface area contributed by atoms with Crippen molar-refractivity contribution < 1.29 is 9.47 Å². The van der Waals surface area contributed by atoms with Gasteiger partial charge in [-0.25, -0.2) is 4.98 Å². The number of hydrogen-bond acceptors (Lipinski definition) is 4. The molecule has 0 unspecified atom stereocenters. The summed E-state index contributed by atoms with van der Waals surface area (Å²) in [6.07, 6.45) is 6.35. The molecule has 0 N–H and O–H groups in total. The Kier molecular flexibility index (Phi) is 4.80. The molecule has 0 spiro atoms. The second kappa shape index (κ2) is 7.38. The minimum absolute atomic E-state index is 0.578. The van der Waals surface area contributed by atoms with E-state index in [9.17, 15) is 0 Å². The molecule has 5 heteroatoms. The van der Waals surface area contributed by atoms with Gasteiger partial charge in [-0.3, -0.25) is 4.90 Å². The first-order valence-electron chi connectivity index (χ1n) is 9.19. The van der Waals surface area contributed by atoms with Gasteiger partial charge in [0, 0.05) is 18.8 Å². The van der Waals surface area contributed by atoms with Crippen molar-refractivity contribution in [3.8, 4) is 11.6 Å². The van der Waals surface area contributed by atoms with Crippen LogP contribution in [0.3, 0.4) is 0 Å². The minimum atomic E-state index is 0.578. The van der Waals surface area contributed by atoms with Crippen LogP contribution in [0.15, 0.2) is 49.2 Å². The lowest BCUT2D eigenvalue weighted by Crippen LogP contribution is -2.35. The Labute approximate surface area is 153 Å². The van der Waals surface area contributed by atoms with Crippen LogP contribution >= 0.6 is 0 Å². The number of fused-ring (bicyclic) bond motifs is 3. The number of rotatable bonds is 6. The number of methoxy groups -OCH3 is 1. The van der Waals surface area contributed by atoms with Crippen molar-refractivity contribution in [3.63, 3.8) is 0 Å². The average molecular weight is 351 g/mol. The van der Waals surface area contributed by atoms with Crippen LogP contribution in [0, 0.1) is 5.92 Å². The molecule has 0 radical (unpaired) electrons. The van der Waals surface area contributed by atoms with Gasteiger partial charge in [-0.1, -0.05) is 6.08 Å². The van der Waals surface area contributed by atoms with E-state index in [-0.39, 0.29) is 0 Å². The Bertz CT molecular complexity index is 910. The third-order valence-corrected chi connectivity index (χ3v) is 5.18. The summed E-state index contributed by atoms with van der Waals surface area (Å²) in [5, 5.41) is 0. The van der Waals surface area contributed by atoms with Gasteiger partial charge in [-0.15, -0.1) is 6.58 Å². The van der Waals surface area contributed by atoms with Crippen molar-refractivity contribution >= 4 is 16.6 Å². The van der Waals surface area contributed by atoms with Crippen molar-refractivity contribution in [2.75, 3.05) is 33.4 Å². The molecule has 1 fully saturated rings. The highest BCUT2D eigenvalue weighted by Gasteiger charge is 2.20. The highest BCUT2D eigenvalue weighted by atomic mass is 16.5. The fraction of sp³-hybridized carbons (Fsp3) is 0.381. The highest BCUT2D eigenvalue weighted by molar-refractivity contribution is 5.82. The maximum atomic E-state index is 6.18. The maximum Gasteiger partial charge on any atom is 0.238 e. The molecule has 3 aromatic rings. The molecule has 136 valence electrons. The van der Waals surface area contributed by atoms with Crippen LogP contribution in [0.4, 0.5) is 0 Å². The predicted molar refractivity (Wildman–Crippen MR) is 104 cm³/mol. The minimum Gasteiger partial charge on any atom is -0.497 e. The van der Waals surface area contributed by atoms with E-state index in [0.29, 0.717) is 18.4 Å². The van der Waals surface area contributed by atoms with Crippen LogP contribution in [-0.4, -0.2) is 47.6 Å². The monoisotopic (exact) mass is 351 g/mol. The summed E-state index contributed by atoms with van der Waals surface area (Å²) in [6.45, 7) is 7.75. The zero-order valence-electron chi connectivity index (χ0n) is 15.2. The number of likely N-dealkylation sites (tertiary alicyclic amines) is 1. The Hall–Kier alpha value is -2.53. The second-order valence-electron chi connectivity index (χ2n) is 6.88. The van der Waals surface area contributed by atoms with Crippen LogP contribution in [-0.2, 0) is 0 Å². The number of hydrogen-bond donors (Lipinski definition) is 0. The van der Waals surface area contributed by atoms with Crippen LogP contribution in [0.1, 0.15) is 12.8 Å². The zero-order chi connectivity index (χ0) is 17.9. The summed E-state index contributed by atoms with van der Waals surface area (Å²) in [6, 6.07) is 10.0. The normalized spacial score (nSPS) is 16.2. The van der Waals surface area contributed by atoms with Gasteiger partial charge in [0.25, 0.3) is 0 Å². The van der Waals surface area contributed by atoms with Crippen LogP contribution < -0.4 is 9.47 Å². The first-order valence-corrected chi connectivity index (χ1v) is 9.19. The van der Waals surface area contributed by atoms with Gasteiger partial charge in [0.2, 0.25) is 5.88 Å². The first-order chi connectivity index (χ1) is 12.8. The van der Waals surface area contributed by atoms with E-state index in [0.717, 1.165) is 54.8 Å². The first kappa shape index (κ1) is 16.9. The molecular weight excluding hydrogens is 326 g/mol. The molecule has 0 atom stereocenters. The molecule has 26 heavy (non-hydrogen) atoms. The molecule has 3 heterocycles. The highest BCUT2D eigenvalue weighted by Crippen LogP contribution is 2.28. The van der Waals surface area contributed by atoms with Gasteiger partial charge in [0.15, 0.2) is 0 Å². The van der Waals surface area contributed by atoms with E-state index in [1.807, 2.05) is 36.5 Å². The molecule has 5 nitrogen and oxygen atoms in total. The quantitative estimate of drug-likeness (QED) is 0.634. The Morgan fingerprint density at radius 3 is 2.85 bits per heavy atom.